The normalized spacial score (nSPS) is 13.5. The molecule has 0 spiro atoms. The number of carbonyl (C=O) groups is 1. The first-order valence-electron chi connectivity index (χ1n) is 8.41. The molecule has 3 N–H and O–H groups in total. The summed E-state index contributed by atoms with van der Waals surface area (Å²) in [4.78, 5) is 11.9. The van der Waals surface area contributed by atoms with Crippen LogP contribution in [0.2, 0.25) is 0 Å². The predicted molar refractivity (Wildman–Crippen MR) is 102 cm³/mol. The van der Waals surface area contributed by atoms with Crippen LogP contribution in [0.15, 0.2) is 46.0 Å². The molecule has 0 fully saturated rings. The fourth-order valence-electron chi connectivity index (χ4n) is 1.99. The number of aliphatic hydroxyl groups excluding tert-OH is 1. The number of esters is 1. The molecule has 7 heteroatoms. The van der Waals surface area contributed by atoms with Crippen molar-refractivity contribution in [2.75, 3.05) is 13.2 Å². The maximum Gasteiger partial charge on any atom is 0.349 e. The summed E-state index contributed by atoms with van der Waals surface area (Å²) in [7, 11) is 0. The smallest absolute Gasteiger partial charge is 0.349 e. The third kappa shape index (κ3) is 6.23. The van der Waals surface area contributed by atoms with E-state index in [2.05, 4.69) is 31.0 Å². The van der Waals surface area contributed by atoms with Crippen LogP contribution >= 0.6 is 0 Å². The van der Waals surface area contributed by atoms with Crippen molar-refractivity contribution >= 4 is 18.0 Å². The van der Waals surface area contributed by atoms with Crippen LogP contribution in [0.25, 0.3) is 0 Å². The zero-order chi connectivity index (χ0) is 19.7. The van der Waals surface area contributed by atoms with Crippen molar-refractivity contribution in [2.24, 2.45) is 15.9 Å². The molecule has 142 valence electrons. The summed E-state index contributed by atoms with van der Waals surface area (Å²) in [5, 5.41) is 17.5. The fourth-order valence-corrected chi connectivity index (χ4v) is 1.99. The van der Waals surface area contributed by atoms with Crippen LogP contribution in [0.4, 0.5) is 0 Å². The Morgan fingerprint density at radius 2 is 1.73 bits per heavy atom. The highest BCUT2D eigenvalue weighted by Gasteiger charge is 2.22. The van der Waals surface area contributed by atoms with Crippen LogP contribution < -0.4 is 5.73 Å². The number of amidine groups is 1. The Kier molecular flexibility index (Phi) is 7.83. The van der Waals surface area contributed by atoms with Crippen molar-refractivity contribution in [3.63, 3.8) is 0 Å². The quantitative estimate of drug-likeness (QED) is 0.194. The molecule has 0 amide bonds. The molecule has 1 aromatic rings. The van der Waals surface area contributed by atoms with Gasteiger partial charge in [0.2, 0.25) is 0 Å². The maximum absolute atomic E-state index is 11.9. The number of hydrogen-bond acceptors (Lipinski definition) is 6. The van der Waals surface area contributed by atoms with Crippen molar-refractivity contribution in [3.8, 4) is 0 Å². The lowest BCUT2D eigenvalue weighted by molar-refractivity contribution is -0.138. The minimum Gasteiger partial charge on any atom is -0.480 e. The van der Waals surface area contributed by atoms with Crippen LogP contribution in [0.1, 0.15) is 45.7 Å². The van der Waals surface area contributed by atoms with Crippen LogP contribution in [0, 0.1) is 0 Å². The second-order valence-electron chi connectivity index (χ2n) is 6.44. The van der Waals surface area contributed by atoms with Gasteiger partial charge in [0.25, 0.3) is 5.95 Å². The summed E-state index contributed by atoms with van der Waals surface area (Å²) in [6.45, 7) is 9.98. The number of ether oxygens (including phenoxy) is 2. The van der Waals surface area contributed by atoms with Crippen LogP contribution in [0.5, 0.6) is 0 Å². The van der Waals surface area contributed by atoms with Gasteiger partial charge in [-0.2, -0.15) is 5.10 Å². The van der Waals surface area contributed by atoms with Crippen molar-refractivity contribution < 1.29 is 19.4 Å². The van der Waals surface area contributed by atoms with Crippen molar-refractivity contribution in [2.45, 2.75) is 40.0 Å². The van der Waals surface area contributed by atoms with Gasteiger partial charge in [0, 0.05) is 0 Å². The van der Waals surface area contributed by atoms with Gasteiger partial charge in [0.05, 0.1) is 19.4 Å². The molecule has 0 bridgehead atoms. The number of hydrogen-bond donors (Lipinski definition) is 2. The highest BCUT2D eigenvalue weighted by Crippen LogP contribution is 2.21. The molecule has 0 aliphatic rings. The molecule has 0 radical (unpaired) electrons. The Hall–Kier alpha value is -2.83. The van der Waals surface area contributed by atoms with E-state index in [0.29, 0.717) is 0 Å². The molecule has 0 heterocycles. The van der Waals surface area contributed by atoms with E-state index in [-0.39, 0.29) is 30.0 Å². The van der Waals surface area contributed by atoms with Gasteiger partial charge in [-0.15, -0.1) is 5.10 Å². The van der Waals surface area contributed by atoms with Gasteiger partial charge in [-0.3, -0.25) is 0 Å². The summed E-state index contributed by atoms with van der Waals surface area (Å²) in [6, 6.07) is 7.85. The van der Waals surface area contributed by atoms with E-state index in [1.165, 1.54) is 11.8 Å². The molecule has 0 atom stereocenters. The van der Waals surface area contributed by atoms with Crippen molar-refractivity contribution in [1.29, 1.82) is 0 Å². The van der Waals surface area contributed by atoms with Gasteiger partial charge in [-0.25, -0.2) is 4.79 Å². The zero-order valence-electron chi connectivity index (χ0n) is 15.9. The summed E-state index contributed by atoms with van der Waals surface area (Å²) < 4.78 is 9.78. The molecule has 7 nitrogen and oxygen atoms in total. The molecule has 0 saturated heterocycles. The first-order chi connectivity index (χ1) is 12.2. The minimum atomic E-state index is -0.829. The maximum atomic E-state index is 11.9. The Balaban J connectivity index is 3.00. The van der Waals surface area contributed by atoms with E-state index >= 15 is 0 Å². The highest BCUT2D eigenvalue weighted by atomic mass is 16.6. The van der Waals surface area contributed by atoms with E-state index in [0.717, 1.165) is 5.56 Å². The lowest BCUT2D eigenvalue weighted by atomic mass is 9.87. The Morgan fingerprint density at radius 3 is 2.23 bits per heavy atom. The average molecular weight is 361 g/mol. The van der Waals surface area contributed by atoms with Crippen molar-refractivity contribution in [3.05, 3.63) is 46.9 Å². The Labute approximate surface area is 154 Å². The van der Waals surface area contributed by atoms with E-state index in [4.69, 9.17) is 15.2 Å². The van der Waals surface area contributed by atoms with E-state index < -0.39 is 11.9 Å². The monoisotopic (exact) mass is 361 g/mol. The molecule has 0 aliphatic heterocycles. The van der Waals surface area contributed by atoms with Gasteiger partial charge in [0.15, 0.2) is 11.4 Å². The zero-order valence-corrected chi connectivity index (χ0v) is 15.9. The van der Waals surface area contributed by atoms with E-state index in [1.54, 1.807) is 13.8 Å². The summed E-state index contributed by atoms with van der Waals surface area (Å²) >= 11 is 0. The molecule has 0 unspecified atom stereocenters. The molecule has 0 aliphatic carbocycles. The summed E-state index contributed by atoms with van der Waals surface area (Å²) in [5.41, 5.74) is 7.50. The van der Waals surface area contributed by atoms with Crippen LogP contribution in [0.3, 0.4) is 0 Å². The van der Waals surface area contributed by atoms with Crippen LogP contribution in [-0.4, -0.2) is 36.3 Å². The summed E-state index contributed by atoms with van der Waals surface area (Å²) in [6.07, 6.45) is 1.50. The second-order valence-corrected chi connectivity index (χ2v) is 6.44. The van der Waals surface area contributed by atoms with Gasteiger partial charge in [-0.05, 0) is 30.4 Å². The number of nitrogens with zero attached hydrogens (tertiary/aromatic N) is 2. The lowest BCUT2D eigenvalue weighted by Crippen LogP contribution is -2.25. The number of aliphatic hydroxyl groups is 1. The first kappa shape index (κ1) is 21.2. The first-order valence-corrected chi connectivity index (χ1v) is 8.41. The highest BCUT2D eigenvalue weighted by molar-refractivity contribution is 6.18. The third-order valence-corrected chi connectivity index (χ3v) is 3.38. The van der Waals surface area contributed by atoms with Gasteiger partial charge in [0.1, 0.15) is 0 Å². The number of rotatable bonds is 7. The van der Waals surface area contributed by atoms with Crippen molar-refractivity contribution in [1.82, 2.24) is 0 Å². The molecule has 1 aromatic carbocycles. The van der Waals surface area contributed by atoms with Crippen LogP contribution in [-0.2, 0) is 19.7 Å². The SMILES string of the molecule is CCOC(=O)C(/C(N)=N/N=Cc1ccc(C(C)(C)C)cc1)=C(/O)OCC. The number of benzene rings is 1. The Bertz CT molecular complexity index is 698. The van der Waals surface area contributed by atoms with E-state index in [9.17, 15) is 9.90 Å². The molecule has 0 saturated carbocycles. The van der Waals surface area contributed by atoms with E-state index in [1.807, 2.05) is 24.3 Å². The molecular weight excluding hydrogens is 334 g/mol. The Morgan fingerprint density at radius 1 is 1.15 bits per heavy atom. The molecule has 1 rings (SSSR count). The van der Waals surface area contributed by atoms with Gasteiger partial charge >= 0.3 is 5.97 Å². The second kappa shape index (κ2) is 9.60. The fraction of sp³-hybridized carbons (Fsp3) is 0.421. The molecule has 0 aromatic heterocycles. The largest absolute Gasteiger partial charge is 0.480 e. The van der Waals surface area contributed by atoms with Gasteiger partial charge < -0.3 is 20.3 Å². The average Bonchev–Trinajstić information content (AvgIpc) is 2.55. The molecule has 26 heavy (non-hydrogen) atoms. The van der Waals surface area contributed by atoms with Gasteiger partial charge in [-0.1, -0.05) is 45.0 Å². The summed E-state index contributed by atoms with van der Waals surface area (Å²) in [5.74, 6) is -1.77. The number of nitrogens with two attached hydrogens (primary N) is 1. The topological polar surface area (TPSA) is 107 Å². The third-order valence-electron chi connectivity index (χ3n) is 3.38. The number of carbonyl (C=O) groups excluding carboxylic acids is 1. The minimum absolute atomic E-state index is 0.0639. The lowest BCUT2D eigenvalue weighted by Gasteiger charge is -2.18. The molecular formula is C19H27N3O4. The standard InChI is InChI=1S/C19H27N3O4/c1-6-25-17(23)15(18(24)26-7-2)16(20)22-21-12-13-8-10-14(11-9-13)19(3,4)5/h8-12,23H,6-7H2,1-5H3,(H2,20,22)/b17-15-,21-12?. The predicted octanol–water partition coefficient (Wildman–Crippen LogP) is 3.04.